The number of fused-ring (bicyclic) bond motifs is 1. The second-order valence-electron chi connectivity index (χ2n) is 7.47. The number of benzene rings is 2. The van der Waals surface area contributed by atoms with E-state index in [0.717, 1.165) is 40.2 Å². The monoisotopic (exact) mass is 401 g/mol. The maximum atomic E-state index is 13.4. The molecule has 4 nitrogen and oxygen atoms in total. The average molecular weight is 402 g/mol. The third kappa shape index (κ3) is 3.30. The molecule has 0 saturated heterocycles. The number of hydrogen-bond donors (Lipinski definition) is 2. The smallest absolute Gasteiger partial charge is 0.163 e. The summed E-state index contributed by atoms with van der Waals surface area (Å²) in [7, 11) is 0. The van der Waals surface area contributed by atoms with Crippen molar-refractivity contribution in [2.45, 2.75) is 24.8 Å². The number of ketones is 1. The molecule has 2 aliphatic rings. The first-order valence-electron chi connectivity index (χ1n) is 9.74. The van der Waals surface area contributed by atoms with Crippen LogP contribution in [0.25, 0.3) is 0 Å². The number of pyridine rings is 1. The van der Waals surface area contributed by atoms with E-state index in [-0.39, 0.29) is 17.7 Å². The maximum Gasteiger partial charge on any atom is 0.163 e. The molecule has 1 aliphatic carbocycles. The van der Waals surface area contributed by atoms with Gasteiger partial charge in [-0.2, -0.15) is 0 Å². The highest BCUT2D eigenvalue weighted by atomic mass is 35.5. The van der Waals surface area contributed by atoms with Gasteiger partial charge in [0.1, 0.15) is 0 Å². The number of carbonyl (C=O) groups excluding carboxylic acids is 1. The van der Waals surface area contributed by atoms with E-state index in [1.54, 1.807) is 12.4 Å². The summed E-state index contributed by atoms with van der Waals surface area (Å²) in [6.07, 6.45) is 4.72. The van der Waals surface area contributed by atoms with Gasteiger partial charge in [0.15, 0.2) is 5.78 Å². The Morgan fingerprint density at radius 3 is 2.41 bits per heavy atom. The Morgan fingerprint density at radius 2 is 1.62 bits per heavy atom. The van der Waals surface area contributed by atoms with Crippen LogP contribution in [0.15, 0.2) is 84.3 Å². The molecular weight excluding hydrogens is 382 g/mol. The van der Waals surface area contributed by atoms with E-state index in [0.29, 0.717) is 11.4 Å². The van der Waals surface area contributed by atoms with Gasteiger partial charge in [-0.05, 0) is 53.8 Å². The summed E-state index contributed by atoms with van der Waals surface area (Å²) in [4.78, 5) is 17.5. The lowest BCUT2D eigenvalue weighted by Crippen LogP contribution is -2.27. The van der Waals surface area contributed by atoms with Crippen molar-refractivity contribution in [2.24, 2.45) is 0 Å². The normalized spacial score (nSPS) is 20.8. The van der Waals surface area contributed by atoms with Crippen molar-refractivity contribution in [3.63, 3.8) is 0 Å². The van der Waals surface area contributed by atoms with Crippen molar-refractivity contribution < 1.29 is 4.79 Å². The zero-order valence-electron chi connectivity index (χ0n) is 15.7. The number of allylic oxidation sites excluding steroid dienone is 1. The lowest BCUT2D eigenvalue weighted by molar-refractivity contribution is -0.116. The maximum absolute atomic E-state index is 13.4. The van der Waals surface area contributed by atoms with E-state index in [2.05, 4.69) is 15.6 Å². The molecule has 0 radical (unpaired) electrons. The van der Waals surface area contributed by atoms with E-state index < -0.39 is 0 Å². The third-order valence-corrected chi connectivity index (χ3v) is 6.04. The van der Waals surface area contributed by atoms with Crippen LogP contribution in [0.1, 0.15) is 35.9 Å². The van der Waals surface area contributed by atoms with Crippen LogP contribution in [0.2, 0.25) is 5.02 Å². The summed E-state index contributed by atoms with van der Waals surface area (Å²) in [6, 6.07) is 19.6. The van der Waals surface area contributed by atoms with Crippen molar-refractivity contribution in [3.05, 3.63) is 100 Å². The van der Waals surface area contributed by atoms with Gasteiger partial charge in [0.2, 0.25) is 0 Å². The predicted molar refractivity (Wildman–Crippen MR) is 116 cm³/mol. The van der Waals surface area contributed by atoms with Crippen LogP contribution in [-0.4, -0.2) is 10.8 Å². The van der Waals surface area contributed by atoms with Crippen LogP contribution >= 0.6 is 11.6 Å². The number of nitrogens with zero attached hydrogens (tertiary/aromatic N) is 1. The Bertz CT molecular complexity index is 1110. The Balaban J connectivity index is 1.62. The standard InChI is InChI=1S/C24H20ClN3O/c25-18-6-2-1-5-17(18)16-13-21-23(22(29)14-16)24(15-9-11-26-12-10-15)28-20-8-4-3-7-19(20)27-21/h1-12,16,24,27-28H,13-14H2/t16-,24-/m0/s1. The van der Waals surface area contributed by atoms with Crippen LogP contribution in [0.3, 0.4) is 0 Å². The van der Waals surface area contributed by atoms with E-state index in [1.165, 1.54) is 0 Å². The van der Waals surface area contributed by atoms with Crippen LogP contribution in [-0.2, 0) is 4.79 Å². The molecule has 29 heavy (non-hydrogen) atoms. The largest absolute Gasteiger partial charge is 0.372 e. The van der Waals surface area contributed by atoms with Crippen molar-refractivity contribution in [1.82, 2.24) is 4.98 Å². The van der Waals surface area contributed by atoms with Gasteiger partial charge in [0, 0.05) is 35.1 Å². The lowest BCUT2D eigenvalue weighted by atomic mass is 9.78. The fourth-order valence-electron chi connectivity index (χ4n) is 4.32. The minimum atomic E-state index is -0.219. The molecule has 0 saturated carbocycles. The molecular formula is C24H20ClN3O. The van der Waals surface area contributed by atoms with E-state index in [1.807, 2.05) is 60.7 Å². The quantitative estimate of drug-likeness (QED) is 0.577. The molecule has 0 unspecified atom stereocenters. The third-order valence-electron chi connectivity index (χ3n) is 5.69. The molecule has 0 fully saturated rings. The molecule has 0 amide bonds. The first-order chi connectivity index (χ1) is 14.2. The van der Waals surface area contributed by atoms with Crippen molar-refractivity contribution in [3.8, 4) is 0 Å². The molecule has 1 aliphatic heterocycles. The highest BCUT2D eigenvalue weighted by molar-refractivity contribution is 6.31. The van der Waals surface area contributed by atoms with E-state index in [9.17, 15) is 4.79 Å². The molecule has 2 N–H and O–H groups in total. The summed E-state index contributed by atoms with van der Waals surface area (Å²) in [5.74, 6) is 0.205. The molecule has 2 heterocycles. The lowest BCUT2D eigenvalue weighted by Gasteiger charge is -2.30. The van der Waals surface area contributed by atoms with Crippen LogP contribution in [0.4, 0.5) is 11.4 Å². The Labute approximate surface area is 174 Å². The number of halogens is 1. The van der Waals surface area contributed by atoms with Crippen molar-refractivity contribution >= 4 is 28.8 Å². The number of rotatable bonds is 2. The molecule has 5 rings (SSSR count). The van der Waals surface area contributed by atoms with Gasteiger partial charge >= 0.3 is 0 Å². The zero-order chi connectivity index (χ0) is 19.8. The molecule has 0 bridgehead atoms. The second-order valence-corrected chi connectivity index (χ2v) is 7.88. The van der Waals surface area contributed by atoms with Gasteiger partial charge in [0.25, 0.3) is 0 Å². The molecule has 3 aromatic rings. The SMILES string of the molecule is O=C1C[C@@H](c2ccccc2Cl)CC2=C1[C@H](c1ccncc1)Nc1ccccc1N2. The predicted octanol–water partition coefficient (Wildman–Crippen LogP) is 5.71. The molecule has 0 spiro atoms. The molecule has 1 aromatic heterocycles. The van der Waals surface area contributed by atoms with Gasteiger partial charge in [-0.1, -0.05) is 41.9 Å². The number of aromatic nitrogens is 1. The topological polar surface area (TPSA) is 54.0 Å². The summed E-state index contributed by atoms with van der Waals surface area (Å²) in [5, 5.41) is 7.84. The van der Waals surface area contributed by atoms with Gasteiger partial charge in [0.05, 0.1) is 17.4 Å². The first kappa shape index (κ1) is 18.0. The molecule has 2 atom stereocenters. The van der Waals surface area contributed by atoms with Gasteiger partial charge < -0.3 is 10.6 Å². The molecule has 5 heteroatoms. The summed E-state index contributed by atoms with van der Waals surface area (Å²) < 4.78 is 0. The van der Waals surface area contributed by atoms with E-state index in [4.69, 9.17) is 11.6 Å². The first-order valence-corrected chi connectivity index (χ1v) is 10.1. The Kier molecular flexibility index (Phi) is 4.57. The Hall–Kier alpha value is -3.11. The zero-order valence-corrected chi connectivity index (χ0v) is 16.5. The molecule has 144 valence electrons. The number of anilines is 2. The molecule has 2 aromatic carbocycles. The Morgan fingerprint density at radius 1 is 0.897 bits per heavy atom. The minimum Gasteiger partial charge on any atom is -0.372 e. The number of Topliss-reactive ketones (excluding diaryl/α,β-unsaturated/α-hetero) is 1. The van der Waals surface area contributed by atoms with Gasteiger partial charge in [-0.25, -0.2) is 0 Å². The number of carbonyl (C=O) groups is 1. The fraction of sp³-hybridized carbons (Fsp3) is 0.167. The van der Waals surface area contributed by atoms with Crippen molar-refractivity contribution in [2.75, 3.05) is 10.6 Å². The van der Waals surface area contributed by atoms with Crippen LogP contribution < -0.4 is 10.6 Å². The minimum absolute atomic E-state index is 0.0609. The van der Waals surface area contributed by atoms with Crippen LogP contribution in [0.5, 0.6) is 0 Å². The summed E-state index contributed by atoms with van der Waals surface area (Å²) in [5.41, 5.74) is 5.77. The average Bonchev–Trinajstić information content (AvgIpc) is 2.91. The van der Waals surface area contributed by atoms with Gasteiger partial charge in [-0.3, -0.25) is 9.78 Å². The number of nitrogens with one attached hydrogen (secondary N) is 2. The van der Waals surface area contributed by atoms with Crippen molar-refractivity contribution in [1.29, 1.82) is 0 Å². The highest BCUT2D eigenvalue weighted by Crippen LogP contribution is 2.45. The number of para-hydroxylation sites is 2. The summed E-state index contributed by atoms with van der Waals surface area (Å²) >= 11 is 6.45. The second kappa shape index (κ2) is 7.37. The summed E-state index contributed by atoms with van der Waals surface area (Å²) in [6.45, 7) is 0. The van der Waals surface area contributed by atoms with Gasteiger partial charge in [-0.15, -0.1) is 0 Å². The fourth-order valence-corrected chi connectivity index (χ4v) is 4.61. The highest BCUT2D eigenvalue weighted by Gasteiger charge is 2.36. The number of hydrogen-bond acceptors (Lipinski definition) is 4. The van der Waals surface area contributed by atoms with Crippen LogP contribution in [0, 0.1) is 0 Å². The van der Waals surface area contributed by atoms with E-state index >= 15 is 0 Å².